The van der Waals surface area contributed by atoms with Crippen LogP contribution in [0.1, 0.15) is 27.2 Å². The molecular weight excluding hydrogens is 394 g/mol. The number of hydrogen-bond donors (Lipinski definition) is 2. The summed E-state index contributed by atoms with van der Waals surface area (Å²) in [5.74, 6) is 1.57. The Bertz CT molecular complexity index is 695. The van der Waals surface area contributed by atoms with E-state index < -0.39 is 0 Å². The van der Waals surface area contributed by atoms with Gasteiger partial charge in [-0.3, -0.25) is 0 Å². The average molecular weight is 424 g/mol. The first kappa shape index (κ1) is 20.9. The fraction of sp³-hybridized carbons (Fsp3) is 0.579. The van der Waals surface area contributed by atoms with Crippen molar-refractivity contribution in [2.24, 2.45) is 0 Å². The molecule has 6 nitrogen and oxygen atoms in total. The molecule has 0 amide bonds. The predicted octanol–water partition coefficient (Wildman–Crippen LogP) is 3.67. The van der Waals surface area contributed by atoms with Gasteiger partial charge in [-0.25, -0.2) is 4.98 Å². The van der Waals surface area contributed by atoms with Crippen LogP contribution in [-0.4, -0.2) is 55.9 Å². The predicted molar refractivity (Wildman–Crippen MR) is 113 cm³/mol. The van der Waals surface area contributed by atoms with E-state index in [0.29, 0.717) is 12.6 Å². The van der Waals surface area contributed by atoms with E-state index in [9.17, 15) is 0 Å². The summed E-state index contributed by atoms with van der Waals surface area (Å²) >= 11 is 3.62. The second-order valence-corrected chi connectivity index (χ2v) is 7.34. The number of aromatic nitrogens is 2. The Labute approximate surface area is 164 Å². The summed E-state index contributed by atoms with van der Waals surface area (Å²) in [5, 5.41) is 7.84. The number of nitrogens with one attached hydrogen (secondary N) is 2. The van der Waals surface area contributed by atoms with E-state index in [1.54, 1.807) is 0 Å². The maximum Gasteiger partial charge on any atom is 0.227 e. The third kappa shape index (κ3) is 6.07. The summed E-state index contributed by atoms with van der Waals surface area (Å²) in [4.78, 5) is 11.5. The van der Waals surface area contributed by atoms with E-state index in [2.05, 4.69) is 39.6 Å². The van der Waals surface area contributed by atoms with Gasteiger partial charge in [0, 0.05) is 30.0 Å². The van der Waals surface area contributed by atoms with Crippen molar-refractivity contribution in [1.82, 2.24) is 15.3 Å². The van der Waals surface area contributed by atoms with Crippen molar-refractivity contribution in [1.29, 1.82) is 0 Å². The van der Waals surface area contributed by atoms with E-state index >= 15 is 0 Å². The largest absolute Gasteiger partial charge is 0.377 e. The van der Waals surface area contributed by atoms with Gasteiger partial charge in [0.05, 0.1) is 18.2 Å². The molecule has 0 aliphatic heterocycles. The van der Waals surface area contributed by atoms with Crippen molar-refractivity contribution in [3.05, 3.63) is 22.7 Å². The van der Waals surface area contributed by atoms with Crippen LogP contribution in [0.15, 0.2) is 22.7 Å². The first-order valence-electron chi connectivity index (χ1n) is 9.26. The highest BCUT2D eigenvalue weighted by atomic mass is 79.9. The number of ether oxygens (including phenoxy) is 1. The fourth-order valence-corrected chi connectivity index (χ4v) is 2.99. The number of para-hydroxylation sites is 1. The van der Waals surface area contributed by atoms with Crippen LogP contribution in [0.3, 0.4) is 0 Å². The van der Waals surface area contributed by atoms with Gasteiger partial charge in [-0.15, -0.1) is 0 Å². The molecule has 0 atom stereocenters. The summed E-state index contributed by atoms with van der Waals surface area (Å²) in [5.41, 5.74) is 0.920. The monoisotopic (exact) mass is 423 g/mol. The van der Waals surface area contributed by atoms with Gasteiger partial charge >= 0.3 is 0 Å². The molecule has 0 spiro atoms. The number of benzene rings is 1. The molecule has 1 aromatic carbocycles. The Morgan fingerprint density at radius 2 is 2.04 bits per heavy atom. The standard InChI is InChI=1S/C19H30BrN5O/c1-5-21-10-7-11-22-18-15-8-6-9-16(20)17(15)23-19(24-18)25(4)12-13-26-14(2)3/h6,8-9,14,21H,5,7,10-13H2,1-4H3,(H,22,23,24). The first-order chi connectivity index (χ1) is 12.5. The number of halogens is 1. The van der Waals surface area contributed by atoms with E-state index in [1.807, 2.05) is 37.9 Å². The molecule has 2 N–H and O–H groups in total. The van der Waals surface area contributed by atoms with E-state index in [0.717, 1.165) is 53.8 Å². The van der Waals surface area contributed by atoms with Crippen LogP contribution in [0.25, 0.3) is 10.9 Å². The smallest absolute Gasteiger partial charge is 0.227 e. The lowest BCUT2D eigenvalue weighted by molar-refractivity contribution is 0.0844. The van der Waals surface area contributed by atoms with Crippen molar-refractivity contribution < 1.29 is 4.74 Å². The molecule has 0 fully saturated rings. The molecule has 0 aliphatic rings. The molecule has 26 heavy (non-hydrogen) atoms. The molecule has 0 saturated heterocycles. The van der Waals surface area contributed by atoms with Crippen LogP contribution in [0.2, 0.25) is 0 Å². The Kier molecular flexibility index (Phi) is 8.54. The number of nitrogens with zero attached hydrogens (tertiary/aromatic N) is 3. The lowest BCUT2D eigenvalue weighted by atomic mass is 10.2. The number of rotatable bonds is 11. The highest BCUT2D eigenvalue weighted by Crippen LogP contribution is 2.28. The molecule has 1 heterocycles. The molecule has 2 aromatic rings. The lowest BCUT2D eigenvalue weighted by Crippen LogP contribution is -2.26. The average Bonchev–Trinajstić information content (AvgIpc) is 2.61. The Balaban J connectivity index is 2.18. The van der Waals surface area contributed by atoms with Gasteiger partial charge in [0.2, 0.25) is 5.95 Å². The molecule has 144 valence electrons. The topological polar surface area (TPSA) is 62.3 Å². The highest BCUT2D eigenvalue weighted by molar-refractivity contribution is 9.10. The Hall–Kier alpha value is -1.44. The number of hydrogen-bond acceptors (Lipinski definition) is 6. The van der Waals surface area contributed by atoms with E-state index in [4.69, 9.17) is 14.7 Å². The SMILES string of the molecule is CCNCCCNc1nc(N(C)CCOC(C)C)nc2c(Br)cccc12. The minimum Gasteiger partial charge on any atom is -0.377 e. The fourth-order valence-electron chi connectivity index (χ4n) is 2.53. The van der Waals surface area contributed by atoms with Gasteiger partial charge < -0.3 is 20.3 Å². The summed E-state index contributed by atoms with van der Waals surface area (Å²) in [6.07, 6.45) is 1.27. The maximum absolute atomic E-state index is 5.65. The van der Waals surface area contributed by atoms with Crippen molar-refractivity contribution >= 4 is 38.6 Å². The molecule has 0 unspecified atom stereocenters. The zero-order valence-corrected chi connectivity index (χ0v) is 17.8. The lowest BCUT2D eigenvalue weighted by Gasteiger charge is -2.20. The van der Waals surface area contributed by atoms with Crippen LogP contribution in [0.4, 0.5) is 11.8 Å². The van der Waals surface area contributed by atoms with Crippen LogP contribution >= 0.6 is 15.9 Å². The highest BCUT2D eigenvalue weighted by Gasteiger charge is 2.13. The molecule has 2 rings (SSSR count). The molecule has 0 radical (unpaired) electrons. The molecule has 0 bridgehead atoms. The second-order valence-electron chi connectivity index (χ2n) is 6.48. The molecule has 1 aromatic heterocycles. The number of likely N-dealkylation sites (N-methyl/N-ethyl adjacent to an activating group) is 1. The van der Waals surface area contributed by atoms with Crippen molar-refractivity contribution in [3.8, 4) is 0 Å². The zero-order valence-electron chi connectivity index (χ0n) is 16.2. The minimum atomic E-state index is 0.226. The first-order valence-corrected chi connectivity index (χ1v) is 10.1. The van der Waals surface area contributed by atoms with Gasteiger partial charge in [-0.2, -0.15) is 4.98 Å². The normalized spacial score (nSPS) is 11.3. The van der Waals surface area contributed by atoms with Crippen LogP contribution < -0.4 is 15.5 Å². The van der Waals surface area contributed by atoms with Crippen molar-refractivity contribution in [3.63, 3.8) is 0 Å². The number of fused-ring (bicyclic) bond motifs is 1. The Morgan fingerprint density at radius 3 is 2.77 bits per heavy atom. The van der Waals surface area contributed by atoms with Crippen LogP contribution in [0.5, 0.6) is 0 Å². The van der Waals surface area contributed by atoms with Gasteiger partial charge in [-0.1, -0.05) is 13.0 Å². The van der Waals surface area contributed by atoms with Gasteiger partial charge in [-0.05, 0) is 61.4 Å². The quantitative estimate of drug-likeness (QED) is 0.537. The minimum absolute atomic E-state index is 0.226. The molecule has 0 saturated carbocycles. The van der Waals surface area contributed by atoms with Gasteiger partial charge in [0.1, 0.15) is 5.82 Å². The van der Waals surface area contributed by atoms with Gasteiger partial charge in [0.25, 0.3) is 0 Å². The number of anilines is 2. The van der Waals surface area contributed by atoms with Crippen LogP contribution in [-0.2, 0) is 4.74 Å². The maximum atomic E-state index is 5.65. The van der Waals surface area contributed by atoms with E-state index in [-0.39, 0.29) is 6.10 Å². The van der Waals surface area contributed by atoms with Crippen molar-refractivity contribution in [2.75, 3.05) is 50.1 Å². The zero-order chi connectivity index (χ0) is 18.9. The second kappa shape index (κ2) is 10.6. The summed E-state index contributed by atoms with van der Waals surface area (Å²) < 4.78 is 6.62. The van der Waals surface area contributed by atoms with Crippen LogP contribution in [0, 0.1) is 0 Å². The molecule has 0 aliphatic carbocycles. The third-order valence-corrected chi connectivity index (χ3v) is 4.60. The molecule has 7 heteroatoms. The summed E-state index contributed by atoms with van der Waals surface area (Å²) in [6, 6.07) is 6.08. The summed E-state index contributed by atoms with van der Waals surface area (Å²) in [6.45, 7) is 10.5. The third-order valence-electron chi connectivity index (χ3n) is 3.96. The summed E-state index contributed by atoms with van der Waals surface area (Å²) in [7, 11) is 2.00. The molecular formula is C19H30BrN5O. The van der Waals surface area contributed by atoms with E-state index in [1.165, 1.54) is 0 Å². The van der Waals surface area contributed by atoms with Crippen molar-refractivity contribution in [2.45, 2.75) is 33.3 Å². The van der Waals surface area contributed by atoms with Gasteiger partial charge in [0.15, 0.2) is 0 Å². The Morgan fingerprint density at radius 1 is 1.23 bits per heavy atom.